The lowest BCUT2D eigenvalue weighted by molar-refractivity contribution is 0.0948. The van der Waals surface area contributed by atoms with Crippen molar-refractivity contribution < 1.29 is 4.79 Å². The van der Waals surface area contributed by atoms with Crippen molar-refractivity contribution in [1.29, 1.82) is 0 Å². The third-order valence-corrected chi connectivity index (χ3v) is 3.52. The summed E-state index contributed by atoms with van der Waals surface area (Å²) < 4.78 is 1.54. The fourth-order valence-electron chi connectivity index (χ4n) is 2.05. The zero-order valence-corrected chi connectivity index (χ0v) is 12.1. The quantitative estimate of drug-likeness (QED) is 0.431. The van der Waals surface area contributed by atoms with Crippen LogP contribution < -0.4 is 11.3 Å². The van der Waals surface area contributed by atoms with Crippen molar-refractivity contribution in [2.75, 3.05) is 0 Å². The summed E-state index contributed by atoms with van der Waals surface area (Å²) in [6.45, 7) is 0. The molecule has 3 rings (SSSR count). The molecule has 2 heterocycles. The number of rotatable bonds is 2. The van der Waals surface area contributed by atoms with E-state index in [-0.39, 0.29) is 5.69 Å². The van der Waals surface area contributed by atoms with Gasteiger partial charge < -0.3 is 0 Å². The van der Waals surface area contributed by atoms with Gasteiger partial charge in [-0.1, -0.05) is 23.2 Å². The number of hydrogen-bond donors (Lipinski definition) is 2. The van der Waals surface area contributed by atoms with Crippen LogP contribution in [-0.4, -0.2) is 20.3 Å². The number of imidazole rings is 1. The number of hydrogen-bond acceptors (Lipinski definition) is 4. The van der Waals surface area contributed by atoms with Crippen molar-refractivity contribution in [1.82, 2.24) is 19.8 Å². The maximum Gasteiger partial charge on any atom is 0.284 e. The van der Waals surface area contributed by atoms with Crippen LogP contribution in [0.25, 0.3) is 16.9 Å². The predicted molar refractivity (Wildman–Crippen MR) is 80.1 cm³/mol. The number of nitrogens with zero attached hydrogens (tertiary/aromatic N) is 3. The number of nitrogen functional groups attached to an aromatic ring is 1. The minimum Gasteiger partial charge on any atom is -0.289 e. The average molecular weight is 322 g/mol. The number of halogens is 2. The zero-order valence-electron chi connectivity index (χ0n) is 10.5. The van der Waals surface area contributed by atoms with Crippen molar-refractivity contribution in [3.05, 3.63) is 52.5 Å². The highest BCUT2D eigenvalue weighted by molar-refractivity contribution is 6.35. The molecule has 8 heteroatoms. The van der Waals surface area contributed by atoms with E-state index < -0.39 is 5.91 Å². The standard InChI is InChI=1S/C13H9Cl2N5O/c14-7-1-2-9(15)8(5-7)11-12(13(21)19-16)20-6-17-4-3-10(20)18-11/h1-6H,16H2,(H,19,21). The maximum absolute atomic E-state index is 12.1. The van der Waals surface area contributed by atoms with Gasteiger partial charge in [-0.05, 0) is 24.3 Å². The molecule has 0 fully saturated rings. The van der Waals surface area contributed by atoms with Gasteiger partial charge in [0.05, 0.1) is 5.02 Å². The Labute approximate surface area is 129 Å². The Kier molecular flexibility index (Phi) is 3.50. The number of carbonyl (C=O) groups excluding carboxylic acids is 1. The monoisotopic (exact) mass is 321 g/mol. The molecular formula is C13H9Cl2N5O. The first-order chi connectivity index (χ1) is 10.1. The van der Waals surface area contributed by atoms with Crippen LogP contribution in [0.1, 0.15) is 10.5 Å². The van der Waals surface area contributed by atoms with Gasteiger partial charge in [0.1, 0.15) is 23.4 Å². The summed E-state index contributed by atoms with van der Waals surface area (Å²) in [5, 5.41) is 0.922. The molecule has 3 aromatic rings. The first-order valence-corrected chi connectivity index (χ1v) is 6.66. The van der Waals surface area contributed by atoms with Crippen LogP contribution in [0.15, 0.2) is 36.8 Å². The number of fused-ring (bicyclic) bond motifs is 1. The summed E-state index contributed by atoms with van der Waals surface area (Å²) in [7, 11) is 0. The Morgan fingerprint density at radius 3 is 2.86 bits per heavy atom. The van der Waals surface area contributed by atoms with Gasteiger partial charge in [0.15, 0.2) is 0 Å². The van der Waals surface area contributed by atoms with Gasteiger partial charge in [0.2, 0.25) is 0 Å². The summed E-state index contributed by atoms with van der Waals surface area (Å²) in [4.78, 5) is 20.5. The molecule has 0 saturated carbocycles. The topological polar surface area (TPSA) is 85.3 Å². The molecule has 0 unspecified atom stereocenters. The van der Waals surface area contributed by atoms with Gasteiger partial charge in [0.25, 0.3) is 5.91 Å². The summed E-state index contributed by atoms with van der Waals surface area (Å²) in [6, 6.07) is 6.63. The molecule has 0 radical (unpaired) electrons. The highest BCUT2D eigenvalue weighted by atomic mass is 35.5. The molecule has 0 aliphatic carbocycles. The number of aromatic nitrogens is 3. The van der Waals surface area contributed by atoms with Gasteiger partial charge in [-0.2, -0.15) is 0 Å². The fraction of sp³-hybridized carbons (Fsp3) is 0. The van der Waals surface area contributed by atoms with Crippen molar-refractivity contribution in [2.24, 2.45) is 5.84 Å². The first-order valence-electron chi connectivity index (χ1n) is 5.90. The first kappa shape index (κ1) is 13.8. The number of nitrogens with one attached hydrogen (secondary N) is 1. The summed E-state index contributed by atoms with van der Waals surface area (Å²) in [5.41, 5.74) is 3.83. The molecule has 1 aromatic carbocycles. The Hall–Kier alpha value is -2.15. The van der Waals surface area contributed by atoms with Crippen molar-refractivity contribution >= 4 is 34.8 Å². The van der Waals surface area contributed by atoms with Crippen LogP contribution in [0.3, 0.4) is 0 Å². The molecule has 3 N–H and O–H groups in total. The van der Waals surface area contributed by atoms with E-state index >= 15 is 0 Å². The van der Waals surface area contributed by atoms with E-state index in [1.807, 2.05) is 0 Å². The lowest BCUT2D eigenvalue weighted by Gasteiger charge is -2.05. The largest absolute Gasteiger partial charge is 0.289 e. The van der Waals surface area contributed by atoms with Crippen LogP contribution in [0, 0.1) is 0 Å². The Morgan fingerprint density at radius 1 is 1.29 bits per heavy atom. The number of benzene rings is 1. The minimum absolute atomic E-state index is 0.241. The average Bonchev–Trinajstić information content (AvgIpc) is 2.88. The summed E-state index contributed by atoms with van der Waals surface area (Å²) in [5.74, 6) is 4.75. The van der Waals surface area contributed by atoms with Crippen LogP contribution in [0.5, 0.6) is 0 Å². The lowest BCUT2D eigenvalue weighted by atomic mass is 10.1. The molecule has 0 saturated heterocycles. The maximum atomic E-state index is 12.1. The zero-order chi connectivity index (χ0) is 15.0. The van der Waals surface area contributed by atoms with Gasteiger partial charge in [-0.15, -0.1) is 0 Å². The van der Waals surface area contributed by atoms with E-state index in [4.69, 9.17) is 29.0 Å². The van der Waals surface area contributed by atoms with Crippen LogP contribution in [0.2, 0.25) is 10.0 Å². The molecule has 0 aliphatic rings. The second-order valence-electron chi connectivity index (χ2n) is 4.22. The van der Waals surface area contributed by atoms with E-state index in [0.717, 1.165) is 0 Å². The number of amides is 1. The van der Waals surface area contributed by atoms with E-state index in [1.165, 1.54) is 10.7 Å². The molecule has 21 heavy (non-hydrogen) atoms. The third-order valence-electron chi connectivity index (χ3n) is 2.96. The third kappa shape index (κ3) is 2.33. The molecule has 0 aliphatic heterocycles. The Morgan fingerprint density at radius 2 is 2.10 bits per heavy atom. The van der Waals surface area contributed by atoms with E-state index in [0.29, 0.717) is 26.9 Å². The number of hydrazine groups is 1. The van der Waals surface area contributed by atoms with Crippen LogP contribution >= 0.6 is 23.2 Å². The smallest absolute Gasteiger partial charge is 0.284 e. The molecule has 6 nitrogen and oxygen atoms in total. The van der Waals surface area contributed by atoms with Crippen molar-refractivity contribution in [3.8, 4) is 11.3 Å². The highest BCUT2D eigenvalue weighted by Crippen LogP contribution is 2.32. The van der Waals surface area contributed by atoms with Crippen molar-refractivity contribution in [3.63, 3.8) is 0 Å². The lowest BCUT2D eigenvalue weighted by Crippen LogP contribution is -2.31. The molecular weight excluding hydrogens is 313 g/mol. The highest BCUT2D eigenvalue weighted by Gasteiger charge is 2.21. The number of carbonyl (C=O) groups is 1. The molecule has 0 spiro atoms. The van der Waals surface area contributed by atoms with Gasteiger partial charge >= 0.3 is 0 Å². The second kappa shape index (κ2) is 5.33. The fourth-order valence-corrected chi connectivity index (χ4v) is 2.43. The van der Waals surface area contributed by atoms with Crippen LogP contribution in [0.4, 0.5) is 0 Å². The molecule has 2 aromatic heterocycles. The molecule has 1 amide bonds. The van der Waals surface area contributed by atoms with Crippen molar-refractivity contribution in [2.45, 2.75) is 0 Å². The number of nitrogens with two attached hydrogens (primary N) is 1. The van der Waals surface area contributed by atoms with Gasteiger partial charge in [-0.25, -0.2) is 15.8 Å². The molecule has 0 atom stereocenters. The van der Waals surface area contributed by atoms with E-state index in [2.05, 4.69) is 15.4 Å². The van der Waals surface area contributed by atoms with Gasteiger partial charge in [-0.3, -0.25) is 14.6 Å². The second-order valence-corrected chi connectivity index (χ2v) is 5.06. The Bertz CT molecular complexity index is 846. The van der Waals surface area contributed by atoms with Gasteiger partial charge in [0, 0.05) is 16.8 Å². The molecule has 0 bridgehead atoms. The predicted octanol–water partition coefficient (Wildman–Crippen LogP) is 2.31. The normalized spacial score (nSPS) is 10.8. The SMILES string of the molecule is NNC(=O)c1c(-c2cc(Cl)ccc2Cl)nc2ccncn12. The van der Waals surface area contributed by atoms with Crippen LogP contribution in [-0.2, 0) is 0 Å². The Balaban J connectivity index is 2.36. The summed E-state index contributed by atoms with van der Waals surface area (Å²) in [6.07, 6.45) is 3.06. The minimum atomic E-state index is -0.499. The van der Waals surface area contributed by atoms with E-state index in [9.17, 15) is 4.79 Å². The van der Waals surface area contributed by atoms with E-state index in [1.54, 1.807) is 30.5 Å². The molecule has 106 valence electrons. The summed E-state index contributed by atoms with van der Waals surface area (Å²) >= 11 is 12.2.